The number of nitrogens with two attached hydrogens (primary N) is 1. The van der Waals surface area contributed by atoms with E-state index in [9.17, 15) is 4.79 Å². The fraction of sp³-hybridized carbons (Fsp3) is 0.550. The number of fused-ring (bicyclic) bond motifs is 1. The SMILES string of the molecule is CN(C[C@H]1CCCCN1C(=O)OC(C)(C)C)c1nc2ccccc2nc1N. The van der Waals surface area contributed by atoms with Crippen molar-refractivity contribution in [3.63, 3.8) is 0 Å². The second kappa shape index (κ2) is 7.58. The van der Waals surface area contributed by atoms with Gasteiger partial charge in [0.25, 0.3) is 0 Å². The van der Waals surface area contributed by atoms with Gasteiger partial charge >= 0.3 is 6.09 Å². The molecule has 2 aromatic rings. The minimum Gasteiger partial charge on any atom is -0.444 e. The van der Waals surface area contributed by atoms with Crippen molar-refractivity contribution >= 4 is 28.8 Å². The maximum Gasteiger partial charge on any atom is 0.410 e. The lowest BCUT2D eigenvalue weighted by atomic mass is 10.0. The van der Waals surface area contributed by atoms with Crippen molar-refractivity contribution in [2.24, 2.45) is 0 Å². The largest absolute Gasteiger partial charge is 0.444 e. The van der Waals surface area contributed by atoms with Gasteiger partial charge in [-0.15, -0.1) is 0 Å². The van der Waals surface area contributed by atoms with E-state index < -0.39 is 5.60 Å². The van der Waals surface area contributed by atoms with Crippen LogP contribution in [-0.4, -0.2) is 52.7 Å². The van der Waals surface area contributed by atoms with Crippen molar-refractivity contribution in [2.45, 2.75) is 51.7 Å². The maximum atomic E-state index is 12.6. The highest BCUT2D eigenvalue weighted by molar-refractivity contribution is 5.79. The van der Waals surface area contributed by atoms with Crippen molar-refractivity contribution < 1.29 is 9.53 Å². The number of anilines is 2. The highest BCUT2D eigenvalue weighted by Crippen LogP contribution is 2.25. The molecule has 1 fully saturated rings. The highest BCUT2D eigenvalue weighted by Gasteiger charge is 2.31. The van der Waals surface area contributed by atoms with Gasteiger partial charge in [0, 0.05) is 20.1 Å². The molecular formula is C20H29N5O2. The Kier molecular flexibility index (Phi) is 5.39. The Morgan fingerprint density at radius 1 is 1.26 bits per heavy atom. The summed E-state index contributed by atoms with van der Waals surface area (Å²) in [7, 11) is 1.94. The molecule has 1 saturated heterocycles. The van der Waals surface area contributed by atoms with Gasteiger partial charge in [-0.2, -0.15) is 0 Å². The Morgan fingerprint density at radius 2 is 1.93 bits per heavy atom. The Morgan fingerprint density at radius 3 is 2.59 bits per heavy atom. The van der Waals surface area contributed by atoms with Crippen LogP contribution >= 0.6 is 0 Å². The number of nitrogen functional groups attached to an aromatic ring is 1. The summed E-state index contributed by atoms with van der Waals surface area (Å²) in [6.45, 7) is 7.02. The van der Waals surface area contributed by atoms with Gasteiger partial charge in [-0.1, -0.05) is 12.1 Å². The number of aromatic nitrogens is 2. The van der Waals surface area contributed by atoms with Gasteiger partial charge in [-0.05, 0) is 52.2 Å². The van der Waals surface area contributed by atoms with Gasteiger partial charge in [-0.3, -0.25) is 0 Å². The van der Waals surface area contributed by atoms with Crippen LogP contribution in [0.5, 0.6) is 0 Å². The van der Waals surface area contributed by atoms with Crippen molar-refractivity contribution in [3.05, 3.63) is 24.3 Å². The first-order valence-corrected chi connectivity index (χ1v) is 9.47. The average molecular weight is 371 g/mol. The van der Waals surface area contributed by atoms with Crippen LogP contribution in [0.25, 0.3) is 11.0 Å². The molecular weight excluding hydrogens is 342 g/mol. The number of likely N-dealkylation sites (N-methyl/N-ethyl adjacent to an activating group) is 1. The monoisotopic (exact) mass is 371 g/mol. The summed E-state index contributed by atoms with van der Waals surface area (Å²) < 4.78 is 5.59. The Labute approximate surface area is 160 Å². The highest BCUT2D eigenvalue weighted by atomic mass is 16.6. The zero-order chi connectivity index (χ0) is 19.6. The van der Waals surface area contributed by atoms with E-state index in [1.54, 1.807) is 0 Å². The number of carbonyl (C=O) groups excluding carboxylic acids is 1. The molecule has 2 heterocycles. The molecule has 146 valence electrons. The van der Waals surface area contributed by atoms with Crippen LogP contribution in [0.15, 0.2) is 24.3 Å². The van der Waals surface area contributed by atoms with Crippen LogP contribution in [-0.2, 0) is 4.74 Å². The normalized spacial score (nSPS) is 17.8. The average Bonchev–Trinajstić information content (AvgIpc) is 2.60. The summed E-state index contributed by atoms with van der Waals surface area (Å²) in [5, 5.41) is 0. The molecule has 0 spiro atoms. The number of carbonyl (C=O) groups is 1. The van der Waals surface area contributed by atoms with Gasteiger partial charge in [0.15, 0.2) is 11.6 Å². The lowest BCUT2D eigenvalue weighted by Crippen LogP contribution is -2.50. The zero-order valence-corrected chi connectivity index (χ0v) is 16.6. The first kappa shape index (κ1) is 19.2. The van der Waals surface area contributed by atoms with E-state index >= 15 is 0 Å². The summed E-state index contributed by atoms with van der Waals surface area (Å²) in [4.78, 5) is 25.6. The van der Waals surface area contributed by atoms with E-state index in [-0.39, 0.29) is 12.1 Å². The van der Waals surface area contributed by atoms with E-state index in [4.69, 9.17) is 10.5 Å². The fourth-order valence-electron chi connectivity index (χ4n) is 3.44. The molecule has 1 amide bonds. The number of benzene rings is 1. The van der Waals surface area contributed by atoms with Gasteiger partial charge < -0.3 is 20.3 Å². The molecule has 7 nitrogen and oxygen atoms in total. The molecule has 2 N–H and O–H groups in total. The standard InChI is InChI=1S/C20H29N5O2/c1-20(2,3)27-19(26)25-12-8-7-9-14(25)13-24(4)18-17(21)22-15-10-5-6-11-16(15)23-18/h5-6,10-11,14H,7-9,12-13H2,1-4H3,(H2,21,22)/t14-/m1/s1. The number of likely N-dealkylation sites (tertiary alicyclic amines) is 1. The molecule has 1 aromatic carbocycles. The number of nitrogens with zero attached hydrogens (tertiary/aromatic N) is 4. The minimum atomic E-state index is -0.501. The predicted molar refractivity (Wildman–Crippen MR) is 108 cm³/mol. The molecule has 1 aliphatic heterocycles. The molecule has 0 unspecified atom stereocenters. The molecule has 3 rings (SSSR count). The van der Waals surface area contributed by atoms with Crippen LogP contribution < -0.4 is 10.6 Å². The molecule has 0 radical (unpaired) electrons. The van der Waals surface area contributed by atoms with Crippen LogP contribution in [0.4, 0.5) is 16.4 Å². The number of amides is 1. The van der Waals surface area contributed by atoms with E-state index in [1.165, 1.54) is 0 Å². The molecule has 0 aliphatic carbocycles. The van der Waals surface area contributed by atoms with Gasteiger partial charge in [0.05, 0.1) is 17.1 Å². The van der Waals surface area contributed by atoms with Crippen LogP contribution in [0.1, 0.15) is 40.0 Å². The van der Waals surface area contributed by atoms with E-state index in [1.807, 2.05) is 61.9 Å². The number of ether oxygens (including phenoxy) is 1. The van der Waals surface area contributed by atoms with Crippen molar-refractivity contribution in [1.82, 2.24) is 14.9 Å². The summed E-state index contributed by atoms with van der Waals surface area (Å²) in [6.07, 6.45) is 2.77. The summed E-state index contributed by atoms with van der Waals surface area (Å²) in [6, 6.07) is 7.73. The molecule has 7 heteroatoms. The van der Waals surface area contributed by atoms with Crippen LogP contribution in [0, 0.1) is 0 Å². The van der Waals surface area contributed by atoms with Gasteiger partial charge in [-0.25, -0.2) is 14.8 Å². The van der Waals surface area contributed by atoms with Crippen molar-refractivity contribution in [3.8, 4) is 0 Å². The van der Waals surface area contributed by atoms with E-state index in [0.29, 0.717) is 24.7 Å². The molecule has 0 saturated carbocycles. The smallest absolute Gasteiger partial charge is 0.410 e. The molecule has 1 aliphatic rings. The van der Waals surface area contributed by atoms with Crippen molar-refractivity contribution in [2.75, 3.05) is 30.8 Å². The second-order valence-corrected chi connectivity index (χ2v) is 8.13. The third kappa shape index (κ3) is 4.59. The second-order valence-electron chi connectivity index (χ2n) is 8.13. The fourth-order valence-corrected chi connectivity index (χ4v) is 3.44. The minimum absolute atomic E-state index is 0.0614. The van der Waals surface area contributed by atoms with Gasteiger partial charge in [0.2, 0.25) is 0 Å². The number of hydrogen-bond acceptors (Lipinski definition) is 6. The first-order chi connectivity index (χ1) is 12.7. The first-order valence-electron chi connectivity index (χ1n) is 9.47. The van der Waals surface area contributed by atoms with Crippen LogP contribution in [0.2, 0.25) is 0 Å². The molecule has 27 heavy (non-hydrogen) atoms. The molecule has 0 bridgehead atoms. The Bertz CT molecular complexity index is 818. The predicted octanol–water partition coefficient (Wildman–Crippen LogP) is 3.44. The quantitative estimate of drug-likeness (QED) is 0.890. The third-order valence-electron chi connectivity index (χ3n) is 4.68. The lowest BCUT2D eigenvalue weighted by molar-refractivity contribution is 0.0108. The Hall–Kier alpha value is -2.57. The number of piperidine rings is 1. The van der Waals surface area contributed by atoms with E-state index in [0.717, 1.165) is 30.3 Å². The Balaban J connectivity index is 1.78. The maximum absolute atomic E-state index is 12.6. The summed E-state index contributed by atoms with van der Waals surface area (Å²) >= 11 is 0. The number of rotatable bonds is 3. The zero-order valence-electron chi connectivity index (χ0n) is 16.6. The van der Waals surface area contributed by atoms with Gasteiger partial charge in [0.1, 0.15) is 5.60 Å². The van der Waals surface area contributed by atoms with Crippen molar-refractivity contribution in [1.29, 1.82) is 0 Å². The summed E-state index contributed by atoms with van der Waals surface area (Å²) in [5.41, 5.74) is 7.23. The number of para-hydroxylation sites is 2. The lowest BCUT2D eigenvalue weighted by Gasteiger charge is -2.38. The third-order valence-corrected chi connectivity index (χ3v) is 4.68. The van der Waals surface area contributed by atoms with E-state index in [2.05, 4.69) is 9.97 Å². The topological polar surface area (TPSA) is 84.6 Å². The molecule has 1 atom stereocenters. The summed E-state index contributed by atoms with van der Waals surface area (Å²) in [5.74, 6) is 1.04. The van der Waals surface area contributed by atoms with Crippen LogP contribution in [0.3, 0.4) is 0 Å². The number of hydrogen-bond donors (Lipinski definition) is 1. The molecule has 1 aromatic heterocycles.